The molecule has 0 aliphatic carbocycles. The number of rotatable bonds is 9. The van der Waals surface area contributed by atoms with Crippen LogP contribution in [0.4, 0.5) is 9.59 Å². The van der Waals surface area contributed by atoms with E-state index >= 15 is 0 Å². The SMILES string of the molecule is Cc1ccc(I(OS(=O)(=O)c2ccc(C)cc2)c2cc(Br)ccc2CC(C(=O)OC(C)(C)C)N(C(=O)OC(C)(C)C)C(=O)OC(C)(C)C)cc1. The summed E-state index contributed by atoms with van der Waals surface area (Å²) in [6.45, 7) is 18.6. The molecule has 13 heteroatoms. The van der Waals surface area contributed by atoms with Gasteiger partial charge < -0.3 is 0 Å². The van der Waals surface area contributed by atoms with Crippen LogP contribution in [0.3, 0.4) is 0 Å². The number of halogens is 2. The molecule has 0 N–H and O–H groups in total. The molecule has 3 aromatic carbocycles. The summed E-state index contributed by atoms with van der Waals surface area (Å²) in [5, 5.41) is 0. The zero-order valence-electron chi connectivity index (χ0n) is 30.4. The van der Waals surface area contributed by atoms with E-state index in [9.17, 15) is 22.8 Å². The van der Waals surface area contributed by atoms with E-state index in [-0.39, 0.29) is 11.3 Å². The van der Waals surface area contributed by atoms with Gasteiger partial charge in [0.05, 0.1) is 0 Å². The van der Waals surface area contributed by atoms with Crippen molar-refractivity contribution < 1.29 is 39.5 Å². The minimum atomic E-state index is -4.26. The van der Waals surface area contributed by atoms with E-state index in [1.54, 1.807) is 92.6 Å². The minimum absolute atomic E-state index is 0.00159. The van der Waals surface area contributed by atoms with Crippen LogP contribution in [0.1, 0.15) is 79.0 Å². The predicted octanol–water partition coefficient (Wildman–Crippen LogP) is 9.36. The van der Waals surface area contributed by atoms with Crippen molar-refractivity contribution in [3.63, 3.8) is 0 Å². The van der Waals surface area contributed by atoms with Crippen molar-refractivity contribution in [1.29, 1.82) is 0 Å². The van der Waals surface area contributed by atoms with E-state index in [0.717, 1.165) is 11.1 Å². The molecule has 10 nitrogen and oxygen atoms in total. The van der Waals surface area contributed by atoms with Gasteiger partial charge in [-0.2, -0.15) is 0 Å². The van der Waals surface area contributed by atoms with Crippen LogP contribution in [-0.4, -0.2) is 54.3 Å². The van der Waals surface area contributed by atoms with Crippen LogP contribution in [0.15, 0.2) is 76.1 Å². The Bertz CT molecular complexity index is 1760. The van der Waals surface area contributed by atoms with Crippen molar-refractivity contribution in [2.24, 2.45) is 0 Å². The number of nitrogens with zero attached hydrogens (tertiary/aromatic N) is 1. The van der Waals surface area contributed by atoms with Gasteiger partial charge in [-0.3, -0.25) is 0 Å². The average Bonchev–Trinajstić information content (AvgIpc) is 2.94. The van der Waals surface area contributed by atoms with E-state index in [1.165, 1.54) is 12.1 Å². The molecule has 3 aromatic rings. The average molecular weight is 889 g/mol. The fourth-order valence-corrected chi connectivity index (χ4v) is 12.5. The van der Waals surface area contributed by atoms with Crippen molar-refractivity contribution in [3.05, 3.63) is 95.0 Å². The summed E-state index contributed by atoms with van der Waals surface area (Å²) in [7, 11) is -4.26. The Morgan fingerprint density at radius 3 is 1.64 bits per heavy atom. The van der Waals surface area contributed by atoms with E-state index in [0.29, 0.717) is 22.1 Å². The monoisotopic (exact) mass is 887 g/mol. The van der Waals surface area contributed by atoms with E-state index in [1.807, 2.05) is 38.1 Å². The van der Waals surface area contributed by atoms with Crippen molar-refractivity contribution in [1.82, 2.24) is 4.90 Å². The molecule has 1 atom stereocenters. The van der Waals surface area contributed by atoms with Crippen LogP contribution in [0.25, 0.3) is 0 Å². The van der Waals surface area contributed by atoms with Crippen LogP contribution in [0.2, 0.25) is 0 Å². The maximum atomic E-state index is 14.0. The van der Waals surface area contributed by atoms with Gasteiger partial charge in [-0.25, -0.2) is 0 Å². The van der Waals surface area contributed by atoms with Crippen LogP contribution in [0.5, 0.6) is 0 Å². The van der Waals surface area contributed by atoms with Crippen molar-refractivity contribution in [2.75, 3.05) is 0 Å². The molecule has 0 aliphatic heterocycles. The van der Waals surface area contributed by atoms with E-state index in [4.69, 9.17) is 16.7 Å². The number of esters is 1. The molecule has 0 radical (unpaired) electrons. The Balaban J connectivity index is 2.27. The second kappa shape index (κ2) is 16.1. The molecule has 0 heterocycles. The second-order valence-corrected chi connectivity index (χ2v) is 22.0. The first-order valence-corrected chi connectivity index (χ1v) is 21.1. The van der Waals surface area contributed by atoms with Gasteiger partial charge in [0.25, 0.3) is 0 Å². The standard InChI is InChI=1S/C37H47BrINO9S/c1-24-12-18-28(19-13-24)39(49-50(44,45)29-20-14-25(2)15-21-29)30-23-27(38)17-16-26(30)22-31(32(41)46-35(3,4)5)40(33(42)47-36(6,7)8)34(43)48-37(9,10)11/h12-21,23,31H,22H2,1-11H3. The molecule has 50 heavy (non-hydrogen) atoms. The molecule has 274 valence electrons. The normalized spacial score (nSPS) is 13.2. The summed E-state index contributed by atoms with van der Waals surface area (Å²) in [6.07, 6.45) is -2.47. The number of imide groups is 1. The summed E-state index contributed by atoms with van der Waals surface area (Å²) in [5.74, 6) is -0.882. The number of carbonyl (C=O) groups is 3. The van der Waals surface area contributed by atoms with Gasteiger partial charge in [0.1, 0.15) is 0 Å². The Morgan fingerprint density at radius 2 is 1.18 bits per heavy atom. The second-order valence-electron chi connectivity index (χ2n) is 14.7. The van der Waals surface area contributed by atoms with Crippen LogP contribution in [-0.2, 0) is 38.1 Å². The van der Waals surface area contributed by atoms with E-state index < -0.39 is 71.4 Å². The molecule has 3 rings (SSSR count). The molecule has 0 aliphatic rings. The molecule has 0 saturated carbocycles. The number of aryl methyl sites for hydroxylation is 2. The Morgan fingerprint density at radius 1 is 0.720 bits per heavy atom. The Kier molecular flexibility index (Phi) is 13.4. The fourth-order valence-electron chi connectivity index (χ4n) is 4.32. The zero-order chi connectivity index (χ0) is 37.8. The number of amides is 2. The van der Waals surface area contributed by atoms with Crippen molar-refractivity contribution >= 4 is 64.4 Å². The molecular weight excluding hydrogens is 841 g/mol. The molecule has 0 fully saturated rings. The quantitative estimate of drug-likeness (QED) is 0.117. The summed E-state index contributed by atoms with van der Waals surface area (Å²) >= 11 is 0.129. The third-order valence-electron chi connectivity index (χ3n) is 6.45. The van der Waals surface area contributed by atoms with Crippen LogP contribution >= 0.6 is 36.2 Å². The zero-order valence-corrected chi connectivity index (χ0v) is 35.0. The third kappa shape index (κ3) is 12.3. The molecule has 0 spiro atoms. The third-order valence-corrected chi connectivity index (χ3v) is 14.5. The van der Waals surface area contributed by atoms with Gasteiger partial charge in [0.2, 0.25) is 0 Å². The van der Waals surface area contributed by atoms with Crippen molar-refractivity contribution in [3.8, 4) is 0 Å². The molecule has 0 saturated heterocycles. The first kappa shape index (κ1) is 41.4. The molecular formula is C37H47BrINO9S. The number of hydrogen-bond donors (Lipinski definition) is 0. The summed E-state index contributed by atoms with van der Waals surface area (Å²) in [4.78, 5) is 42.2. The Hall–Kier alpha value is -3.01. The predicted molar refractivity (Wildman–Crippen MR) is 204 cm³/mol. The van der Waals surface area contributed by atoms with Crippen molar-refractivity contribution in [2.45, 2.75) is 110 Å². The number of hydrogen-bond acceptors (Lipinski definition) is 9. The molecule has 0 bridgehead atoms. The maximum absolute atomic E-state index is 14.0. The number of carbonyl (C=O) groups excluding carboxylic acids is 3. The van der Waals surface area contributed by atoms with Gasteiger partial charge in [0, 0.05) is 0 Å². The molecule has 2 amide bonds. The van der Waals surface area contributed by atoms with Gasteiger partial charge in [-0.15, -0.1) is 0 Å². The topological polar surface area (TPSA) is 126 Å². The molecule has 0 aromatic heterocycles. The Labute approximate surface area is 312 Å². The number of ether oxygens (including phenoxy) is 3. The van der Waals surface area contributed by atoms with Gasteiger partial charge in [0.15, 0.2) is 0 Å². The summed E-state index contributed by atoms with van der Waals surface area (Å²) < 4.78 is 52.6. The van der Waals surface area contributed by atoms with Gasteiger partial charge >= 0.3 is 314 Å². The fraction of sp³-hybridized carbons (Fsp3) is 0.432. The first-order chi connectivity index (χ1) is 22.8. The van der Waals surface area contributed by atoms with Gasteiger partial charge in [-0.1, -0.05) is 0 Å². The van der Waals surface area contributed by atoms with Crippen LogP contribution < -0.4 is 0 Å². The summed E-state index contributed by atoms with van der Waals surface area (Å²) in [6, 6.07) is 17.4. The first-order valence-electron chi connectivity index (χ1n) is 15.9. The summed E-state index contributed by atoms with van der Waals surface area (Å²) in [5.41, 5.74) is -0.721. The molecule has 1 unspecified atom stereocenters. The van der Waals surface area contributed by atoms with Crippen LogP contribution in [0, 0.1) is 21.0 Å². The van der Waals surface area contributed by atoms with Gasteiger partial charge in [-0.05, 0) is 0 Å². The number of benzene rings is 3. The van der Waals surface area contributed by atoms with E-state index in [2.05, 4.69) is 15.9 Å².